The first kappa shape index (κ1) is 22.5. The van der Waals surface area contributed by atoms with E-state index in [1.165, 1.54) is 10.6 Å². The minimum Gasteiger partial charge on any atom is -0.351 e. The van der Waals surface area contributed by atoms with Crippen molar-refractivity contribution in [1.82, 2.24) is 18.8 Å². The van der Waals surface area contributed by atoms with Crippen LogP contribution in [-0.2, 0) is 5.82 Å². The Morgan fingerprint density at radius 1 is 1.26 bits per heavy atom. The smallest absolute Gasteiger partial charge is 0.260 e. The molecule has 31 heavy (non-hydrogen) atoms. The molecule has 2 aromatic heterocycles. The molecule has 0 amide bonds. The minimum atomic E-state index is -3.21. The summed E-state index contributed by atoms with van der Waals surface area (Å²) in [4.78, 5) is 22.3. The van der Waals surface area contributed by atoms with Gasteiger partial charge in [-0.3, -0.25) is 13.7 Å². The fraction of sp³-hybridized carbons (Fsp3) is 0.667. The lowest BCUT2D eigenvalue weighted by atomic mass is 9.86. The monoisotopic (exact) mass is 449 g/mol. The molecule has 4 rings (SSSR count). The zero-order valence-corrected chi connectivity index (χ0v) is 19.2. The largest absolute Gasteiger partial charge is 0.351 e. The summed E-state index contributed by atoms with van der Waals surface area (Å²) in [5, 5.41) is 3.88. The van der Waals surface area contributed by atoms with Gasteiger partial charge in [-0.15, -0.1) is 0 Å². The number of halogens is 2. The average molecular weight is 449 g/mol. The van der Waals surface area contributed by atoms with Crippen LogP contribution in [0.15, 0.2) is 17.1 Å². The Bertz CT molecular complexity index is 990. The standard InChI is InChI=1S/C21H30BF2N5OS/c1-13-4-3-5-16(10-13)29-18-14(11-17(19(29)30)21(22,23)24)12-25-20(27-18)26-15-6-8-28(31-2)9-7-15/h11-13,15-16H,3-10,22H2,1-2H3,(H,25,26,27). The van der Waals surface area contributed by atoms with Gasteiger partial charge >= 0.3 is 0 Å². The van der Waals surface area contributed by atoms with E-state index in [1.54, 1.807) is 18.1 Å². The third-order valence-corrected chi connectivity index (χ3v) is 7.45. The Balaban J connectivity index is 1.73. The van der Waals surface area contributed by atoms with E-state index in [4.69, 9.17) is 0 Å². The molecule has 168 valence electrons. The van der Waals surface area contributed by atoms with E-state index < -0.39 is 16.9 Å². The molecular weight excluding hydrogens is 419 g/mol. The van der Waals surface area contributed by atoms with Crippen LogP contribution in [-0.4, -0.2) is 52.1 Å². The van der Waals surface area contributed by atoms with Crippen LogP contribution in [0.2, 0.25) is 0 Å². The van der Waals surface area contributed by atoms with Gasteiger partial charge in [-0.2, -0.15) is 4.98 Å². The van der Waals surface area contributed by atoms with Crippen molar-refractivity contribution in [2.75, 3.05) is 24.7 Å². The zero-order chi connectivity index (χ0) is 22.2. The van der Waals surface area contributed by atoms with Gasteiger partial charge in [0.15, 0.2) is 7.85 Å². The fourth-order valence-corrected chi connectivity index (χ4v) is 5.42. The number of aromatic nitrogens is 3. The van der Waals surface area contributed by atoms with Gasteiger partial charge in [0.25, 0.3) is 5.56 Å². The van der Waals surface area contributed by atoms with Crippen LogP contribution < -0.4 is 10.9 Å². The highest BCUT2D eigenvalue weighted by Gasteiger charge is 2.32. The summed E-state index contributed by atoms with van der Waals surface area (Å²) in [5.74, 6) is -2.30. The molecule has 2 atom stereocenters. The third kappa shape index (κ3) is 4.90. The highest BCUT2D eigenvalue weighted by molar-refractivity contribution is 7.96. The molecule has 1 saturated heterocycles. The number of rotatable bonds is 5. The molecule has 2 fully saturated rings. The zero-order valence-electron chi connectivity index (χ0n) is 18.4. The van der Waals surface area contributed by atoms with Gasteiger partial charge in [-0.1, -0.05) is 31.7 Å². The highest BCUT2D eigenvalue weighted by Crippen LogP contribution is 2.34. The van der Waals surface area contributed by atoms with E-state index in [1.807, 2.05) is 0 Å². The summed E-state index contributed by atoms with van der Waals surface area (Å²) in [7, 11) is 0.779. The van der Waals surface area contributed by atoms with Gasteiger partial charge in [0.1, 0.15) is 5.65 Å². The van der Waals surface area contributed by atoms with Crippen molar-refractivity contribution in [3.05, 3.63) is 28.2 Å². The summed E-state index contributed by atoms with van der Waals surface area (Å²) in [6.45, 7) is 4.14. The fourth-order valence-electron chi connectivity index (χ4n) is 4.84. The number of pyridine rings is 1. The van der Waals surface area contributed by atoms with Crippen LogP contribution in [0.5, 0.6) is 0 Å². The number of nitrogens with zero attached hydrogens (tertiary/aromatic N) is 4. The molecule has 0 radical (unpaired) electrons. The third-order valence-electron chi connectivity index (χ3n) is 6.57. The molecule has 1 aliphatic carbocycles. The second-order valence-corrected chi connectivity index (χ2v) is 9.93. The molecule has 1 N–H and O–H groups in total. The normalized spacial score (nSPS) is 23.9. The van der Waals surface area contributed by atoms with Gasteiger partial charge in [0.05, 0.1) is 5.56 Å². The maximum Gasteiger partial charge on any atom is 0.260 e. The van der Waals surface area contributed by atoms with Crippen molar-refractivity contribution < 1.29 is 8.78 Å². The Kier molecular flexibility index (Phi) is 6.58. The van der Waals surface area contributed by atoms with Gasteiger partial charge in [0, 0.05) is 36.8 Å². The van der Waals surface area contributed by atoms with Crippen LogP contribution in [0.25, 0.3) is 11.0 Å². The Morgan fingerprint density at radius 3 is 2.65 bits per heavy atom. The number of piperidine rings is 1. The second kappa shape index (κ2) is 9.06. The lowest BCUT2D eigenvalue weighted by Crippen LogP contribution is -2.36. The molecule has 0 bridgehead atoms. The van der Waals surface area contributed by atoms with Crippen molar-refractivity contribution in [3.63, 3.8) is 0 Å². The first-order valence-electron chi connectivity index (χ1n) is 11.1. The van der Waals surface area contributed by atoms with Crippen molar-refractivity contribution in [2.45, 2.75) is 63.4 Å². The van der Waals surface area contributed by atoms with E-state index in [-0.39, 0.29) is 12.1 Å². The molecular formula is C21H30BF2N5OS. The molecule has 0 spiro atoms. The Morgan fingerprint density at radius 2 is 2.00 bits per heavy atom. The topological polar surface area (TPSA) is 63.1 Å². The van der Waals surface area contributed by atoms with Crippen molar-refractivity contribution in [2.24, 2.45) is 5.92 Å². The molecule has 2 unspecified atom stereocenters. The van der Waals surface area contributed by atoms with E-state index in [2.05, 4.69) is 32.8 Å². The van der Waals surface area contributed by atoms with Crippen LogP contribution >= 0.6 is 11.9 Å². The lowest BCUT2D eigenvalue weighted by Gasteiger charge is -2.31. The van der Waals surface area contributed by atoms with Crippen LogP contribution in [0.3, 0.4) is 0 Å². The molecule has 2 aliphatic rings. The molecule has 6 nitrogen and oxygen atoms in total. The second-order valence-electron chi connectivity index (χ2n) is 9.05. The van der Waals surface area contributed by atoms with Crippen molar-refractivity contribution in [1.29, 1.82) is 0 Å². The van der Waals surface area contributed by atoms with E-state index >= 15 is 0 Å². The van der Waals surface area contributed by atoms with Crippen LogP contribution in [0, 0.1) is 5.92 Å². The quantitative estimate of drug-likeness (QED) is 0.558. The molecule has 3 heterocycles. The predicted octanol–water partition coefficient (Wildman–Crippen LogP) is 3.38. The van der Waals surface area contributed by atoms with Gasteiger partial charge in [-0.25, -0.2) is 13.8 Å². The lowest BCUT2D eigenvalue weighted by molar-refractivity contribution is 0.0916. The summed E-state index contributed by atoms with van der Waals surface area (Å²) < 4.78 is 32.3. The summed E-state index contributed by atoms with van der Waals surface area (Å²) in [6, 6.07) is 1.41. The van der Waals surface area contributed by atoms with E-state index in [0.717, 1.165) is 59.5 Å². The number of anilines is 1. The first-order chi connectivity index (χ1) is 14.8. The average Bonchev–Trinajstić information content (AvgIpc) is 2.73. The van der Waals surface area contributed by atoms with E-state index in [9.17, 15) is 13.6 Å². The number of nitrogens with one attached hydrogen (secondary N) is 1. The van der Waals surface area contributed by atoms with Crippen LogP contribution in [0.4, 0.5) is 14.7 Å². The molecule has 0 aromatic carbocycles. The van der Waals surface area contributed by atoms with Crippen molar-refractivity contribution in [3.8, 4) is 0 Å². The predicted molar refractivity (Wildman–Crippen MR) is 125 cm³/mol. The summed E-state index contributed by atoms with van der Waals surface area (Å²) in [5.41, 5.74) is -0.653. The minimum absolute atomic E-state index is 0.117. The molecule has 1 saturated carbocycles. The molecule has 2 aromatic rings. The van der Waals surface area contributed by atoms with Gasteiger partial charge < -0.3 is 5.32 Å². The molecule has 10 heteroatoms. The molecule has 1 aliphatic heterocycles. The number of fused-ring (bicyclic) bond motifs is 1. The Labute approximate surface area is 186 Å². The maximum absolute atomic E-state index is 14.2. The Hall–Kier alpha value is -1.68. The summed E-state index contributed by atoms with van der Waals surface area (Å²) in [6.07, 6.45) is 9.30. The highest BCUT2D eigenvalue weighted by atomic mass is 32.2. The number of hydrogen-bond acceptors (Lipinski definition) is 6. The van der Waals surface area contributed by atoms with E-state index in [0.29, 0.717) is 22.9 Å². The first-order valence-corrected chi connectivity index (χ1v) is 12.3. The van der Waals surface area contributed by atoms with Gasteiger partial charge in [-0.05, 0) is 43.9 Å². The van der Waals surface area contributed by atoms with Crippen LogP contribution in [0.1, 0.15) is 57.1 Å². The summed E-state index contributed by atoms with van der Waals surface area (Å²) >= 11 is 1.75. The number of alkyl halides is 2. The van der Waals surface area contributed by atoms with Gasteiger partial charge in [0.2, 0.25) is 11.8 Å². The van der Waals surface area contributed by atoms with Crippen molar-refractivity contribution >= 4 is 36.8 Å². The number of hydrogen-bond donors (Lipinski definition) is 1. The maximum atomic E-state index is 14.2. The SMILES string of the molecule is BC(F)(F)c1cc2cnc(NC3CCN(SC)CC3)nc2n(C2CCCC(C)C2)c1=O.